The van der Waals surface area contributed by atoms with Gasteiger partial charge in [-0.25, -0.2) is 0 Å². The maximum atomic E-state index is 8.92. The molecule has 1 aromatic rings. The lowest BCUT2D eigenvalue weighted by molar-refractivity contribution is -0.0979. The van der Waals surface area contributed by atoms with E-state index in [-0.39, 0.29) is 0 Å². The van der Waals surface area contributed by atoms with Crippen molar-refractivity contribution in [2.75, 3.05) is 0 Å². The van der Waals surface area contributed by atoms with Crippen LogP contribution in [0.1, 0.15) is 16.7 Å². The minimum absolute atomic E-state index is 0.565. The van der Waals surface area contributed by atoms with Crippen LogP contribution in [0.5, 0.6) is 0 Å². The largest absolute Gasteiger partial charge is 0.488 e. The van der Waals surface area contributed by atoms with E-state index in [2.05, 4.69) is 0 Å². The molecule has 0 aliphatic heterocycles. The van der Waals surface area contributed by atoms with E-state index >= 15 is 0 Å². The van der Waals surface area contributed by atoms with Crippen molar-refractivity contribution >= 4 is 19.4 Å². The molecule has 1 rings (SSSR count). The summed E-state index contributed by atoms with van der Waals surface area (Å²) in [6.07, 6.45) is 0. The van der Waals surface area contributed by atoms with Crippen molar-refractivity contribution in [3.63, 3.8) is 0 Å². The molecule has 0 amide bonds. The number of aryl methyl sites for hydroxylation is 2. The quantitative estimate of drug-likeness (QED) is 0.623. The number of carbonyl (C=O) groups is 1. The Kier molecular flexibility index (Phi) is 5.12. The van der Waals surface area contributed by atoms with Crippen LogP contribution in [-0.2, 0) is 4.79 Å². The van der Waals surface area contributed by atoms with E-state index in [1.54, 1.807) is 12.1 Å². The summed E-state index contributed by atoms with van der Waals surface area (Å²) in [4.78, 5) is 8.00. The molecule has 0 saturated heterocycles. The van der Waals surface area contributed by atoms with Gasteiger partial charge in [0, 0.05) is 0 Å². The van der Waals surface area contributed by atoms with E-state index in [9.17, 15) is 0 Å². The van der Waals surface area contributed by atoms with Gasteiger partial charge < -0.3 is 14.8 Å². The van der Waals surface area contributed by atoms with Crippen molar-refractivity contribution in [2.45, 2.75) is 20.8 Å². The molecule has 0 aromatic heterocycles. The van der Waals surface area contributed by atoms with Gasteiger partial charge in [-0.1, -0.05) is 12.1 Å². The second-order valence-electron chi connectivity index (χ2n) is 3.15. The Labute approximate surface area is 84.5 Å². The molecular formula is C10H15BO3. The third kappa shape index (κ3) is 2.98. The molecule has 0 heterocycles. The topological polar surface area (TPSA) is 57.5 Å². The summed E-state index contributed by atoms with van der Waals surface area (Å²) in [5, 5.41) is 17.8. The molecule has 0 fully saturated rings. The zero-order valence-electron chi connectivity index (χ0n) is 8.74. The van der Waals surface area contributed by atoms with E-state index in [1.807, 2.05) is 27.6 Å². The molecule has 0 unspecified atom stereocenters. The Morgan fingerprint density at radius 3 is 1.71 bits per heavy atom. The van der Waals surface area contributed by atoms with E-state index < -0.39 is 7.12 Å². The molecular weight excluding hydrogens is 179 g/mol. The first kappa shape index (κ1) is 12.9. The summed E-state index contributed by atoms with van der Waals surface area (Å²) in [7, 11) is -1.36. The normalized spacial score (nSPS) is 8.93. The van der Waals surface area contributed by atoms with Crippen molar-refractivity contribution in [1.29, 1.82) is 0 Å². The minimum Gasteiger partial charge on any atom is -0.423 e. The summed E-state index contributed by atoms with van der Waals surface area (Å²) < 4.78 is 0. The van der Waals surface area contributed by atoms with Gasteiger partial charge in [0.15, 0.2) is 0 Å². The van der Waals surface area contributed by atoms with Crippen LogP contribution in [0.2, 0.25) is 0 Å². The van der Waals surface area contributed by atoms with Gasteiger partial charge in [-0.2, -0.15) is 0 Å². The average Bonchev–Trinajstić information content (AvgIpc) is 2.16. The first-order valence-electron chi connectivity index (χ1n) is 4.25. The second kappa shape index (κ2) is 5.57. The fourth-order valence-electron chi connectivity index (χ4n) is 1.22. The number of hydrogen-bond acceptors (Lipinski definition) is 3. The SMILES string of the molecule is C=O.Cc1cc(B(O)O)cc(C)c1C. The molecule has 14 heavy (non-hydrogen) atoms. The van der Waals surface area contributed by atoms with Crippen LogP contribution in [0, 0.1) is 20.8 Å². The highest BCUT2D eigenvalue weighted by atomic mass is 16.4. The summed E-state index contributed by atoms with van der Waals surface area (Å²) in [6.45, 7) is 7.96. The Morgan fingerprint density at radius 2 is 1.43 bits per heavy atom. The fourth-order valence-corrected chi connectivity index (χ4v) is 1.22. The van der Waals surface area contributed by atoms with Crippen LogP contribution in [0.3, 0.4) is 0 Å². The van der Waals surface area contributed by atoms with Crippen molar-refractivity contribution in [1.82, 2.24) is 0 Å². The molecule has 0 atom stereocenters. The summed E-state index contributed by atoms with van der Waals surface area (Å²) in [5.74, 6) is 0. The standard InChI is InChI=1S/C9H13BO2.CH2O/c1-6-4-9(10(11)12)5-7(2)8(6)3;1-2/h4-5,11-12H,1-3H3;1H2. The van der Waals surface area contributed by atoms with Crippen molar-refractivity contribution in [3.05, 3.63) is 28.8 Å². The van der Waals surface area contributed by atoms with Crippen LogP contribution < -0.4 is 5.46 Å². The zero-order chi connectivity index (χ0) is 11.3. The first-order valence-corrected chi connectivity index (χ1v) is 4.25. The lowest BCUT2D eigenvalue weighted by Crippen LogP contribution is -2.30. The molecule has 4 heteroatoms. The third-order valence-corrected chi connectivity index (χ3v) is 2.25. The van der Waals surface area contributed by atoms with Gasteiger partial charge >= 0.3 is 7.12 Å². The highest BCUT2D eigenvalue weighted by Gasteiger charge is 2.12. The third-order valence-electron chi connectivity index (χ3n) is 2.25. The number of carbonyl (C=O) groups excluding carboxylic acids is 1. The molecule has 0 radical (unpaired) electrons. The van der Waals surface area contributed by atoms with Crippen LogP contribution in [0.4, 0.5) is 0 Å². The fraction of sp³-hybridized carbons (Fsp3) is 0.300. The van der Waals surface area contributed by atoms with Gasteiger partial charge in [-0.15, -0.1) is 0 Å². The van der Waals surface area contributed by atoms with E-state index in [0.29, 0.717) is 5.46 Å². The van der Waals surface area contributed by atoms with Gasteiger partial charge in [0.1, 0.15) is 6.79 Å². The second-order valence-corrected chi connectivity index (χ2v) is 3.15. The van der Waals surface area contributed by atoms with Gasteiger partial charge in [0.05, 0.1) is 0 Å². The number of benzene rings is 1. The van der Waals surface area contributed by atoms with Crippen molar-refractivity contribution in [3.8, 4) is 0 Å². The van der Waals surface area contributed by atoms with E-state index in [4.69, 9.17) is 14.8 Å². The average molecular weight is 194 g/mol. The van der Waals surface area contributed by atoms with Gasteiger partial charge in [0.25, 0.3) is 0 Å². The number of rotatable bonds is 1. The molecule has 0 aliphatic rings. The molecule has 2 N–H and O–H groups in total. The number of hydrogen-bond donors (Lipinski definition) is 2. The molecule has 1 aromatic carbocycles. The highest BCUT2D eigenvalue weighted by molar-refractivity contribution is 6.58. The highest BCUT2D eigenvalue weighted by Crippen LogP contribution is 2.09. The molecule has 0 aliphatic carbocycles. The van der Waals surface area contributed by atoms with Crippen LogP contribution >= 0.6 is 0 Å². The van der Waals surface area contributed by atoms with Crippen molar-refractivity contribution < 1.29 is 14.8 Å². The molecule has 0 saturated carbocycles. The first-order chi connectivity index (χ1) is 6.52. The molecule has 0 bridgehead atoms. The van der Waals surface area contributed by atoms with E-state index in [1.165, 1.54) is 5.56 Å². The Hall–Kier alpha value is -1.13. The van der Waals surface area contributed by atoms with Gasteiger partial charge in [-0.3, -0.25) is 0 Å². The summed E-state index contributed by atoms with van der Waals surface area (Å²) in [6, 6.07) is 3.60. The minimum atomic E-state index is -1.36. The Balaban J connectivity index is 0.000000791. The maximum Gasteiger partial charge on any atom is 0.488 e. The summed E-state index contributed by atoms with van der Waals surface area (Å²) in [5.41, 5.74) is 3.96. The predicted octanol–water partition coefficient (Wildman–Crippen LogP) is 0.107. The monoisotopic (exact) mass is 194 g/mol. The summed E-state index contributed by atoms with van der Waals surface area (Å²) >= 11 is 0. The predicted molar refractivity (Wildman–Crippen MR) is 57.6 cm³/mol. The molecule has 76 valence electrons. The Bertz CT molecular complexity index is 287. The lowest BCUT2D eigenvalue weighted by atomic mass is 9.78. The molecule has 3 nitrogen and oxygen atoms in total. The maximum absolute atomic E-state index is 8.92. The molecule has 0 spiro atoms. The lowest BCUT2D eigenvalue weighted by Gasteiger charge is -2.07. The Morgan fingerprint density at radius 1 is 1.07 bits per heavy atom. The van der Waals surface area contributed by atoms with Crippen LogP contribution in [-0.4, -0.2) is 24.0 Å². The smallest absolute Gasteiger partial charge is 0.423 e. The van der Waals surface area contributed by atoms with Crippen LogP contribution in [0.25, 0.3) is 0 Å². The van der Waals surface area contributed by atoms with E-state index in [0.717, 1.165) is 11.1 Å². The zero-order valence-corrected chi connectivity index (χ0v) is 8.74. The van der Waals surface area contributed by atoms with Gasteiger partial charge in [0.2, 0.25) is 0 Å². The van der Waals surface area contributed by atoms with Gasteiger partial charge in [-0.05, 0) is 42.9 Å². The van der Waals surface area contributed by atoms with Crippen molar-refractivity contribution in [2.24, 2.45) is 0 Å². The van der Waals surface area contributed by atoms with Crippen LogP contribution in [0.15, 0.2) is 12.1 Å².